The van der Waals surface area contributed by atoms with Gasteiger partial charge in [0.25, 0.3) is 0 Å². The number of hydrogen-bond acceptors (Lipinski definition) is 4. The molecule has 0 aromatic heterocycles. The summed E-state index contributed by atoms with van der Waals surface area (Å²) in [6, 6.07) is 10.5. The summed E-state index contributed by atoms with van der Waals surface area (Å²) in [5.41, 5.74) is 6.94. The molecule has 0 radical (unpaired) electrons. The Morgan fingerprint density at radius 2 is 2.19 bits per heavy atom. The summed E-state index contributed by atoms with van der Waals surface area (Å²) in [6.45, 7) is 2.24. The van der Waals surface area contributed by atoms with E-state index in [0.717, 1.165) is 37.2 Å². The average Bonchev–Trinajstić information content (AvgIpc) is 2.87. The highest BCUT2D eigenvalue weighted by molar-refractivity contribution is 7.98. The molecule has 0 saturated heterocycles. The molecule has 4 heteroatoms. The van der Waals surface area contributed by atoms with E-state index in [1.807, 2.05) is 24.8 Å². The number of rotatable bonds is 7. The molecular formula is C17H25NO2S. The van der Waals surface area contributed by atoms with E-state index in [2.05, 4.69) is 24.3 Å². The van der Waals surface area contributed by atoms with Crippen molar-refractivity contribution in [1.82, 2.24) is 0 Å². The number of esters is 1. The van der Waals surface area contributed by atoms with E-state index in [0.29, 0.717) is 6.61 Å². The van der Waals surface area contributed by atoms with Crippen molar-refractivity contribution in [3.8, 4) is 0 Å². The molecule has 0 aliphatic heterocycles. The summed E-state index contributed by atoms with van der Waals surface area (Å²) < 4.78 is 5.16. The van der Waals surface area contributed by atoms with Crippen LogP contribution in [0.25, 0.3) is 0 Å². The van der Waals surface area contributed by atoms with E-state index in [4.69, 9.17) is 10.5 Å². The molecule has 2 unspecified atom stereocenters. The van der Waals surface area contributed by atoms with E-state index in [-0.39, 0.29) is 11.9 Å². The number of ether oxygens (including phenoxy) is 1. The Morgan fingerprint density at radius 3 is 2.90 bits per heavy atom. The first-order chi connectivity index (χ1) is 10.2. The fourth-order valence-electron chi connectivity index (χ4n) is 3.03. The van der Waals surface area contributed by atoms with Crippen LogP contribution >= 0.6 is 11.8 Å². The van der Waals surface area contributed by atoms with Gasteiger partial charge >= 0.3 is 5.97 Å². The first-order valence-corrected chi connectivity index (χ1v) is 8.90. The molecule has 0 spiro atoms. The molecule has 0 bridgehead atoms. The van der Waals surface area contributed by atoms with E-state index < -0.39 is 5.54 Å². The monoisotopic (exact) mass is 307 g/mol. The van der Waals surface area contributed by atoms with Crippen molar-refractivity contribution in [2.24, 2.45) is 11.7 Å². The predicted molar refractivity (Wildman–Crippen MR) is 88.1 cm³/mol. The first-order valence-electron chi connectivity index (χ1n) is 7.74. The third kappa shape index (κ3) is 4.24. The van der Waals surface area contributed by atoms with Crippen LogP contribution in [0.1, 0.15) is 38.2 Å². The highest BCUT2D eigenvalue weighted by Crippen LogP contribution is 2.37. The van der Waals surface area contributed by atoms with Gasteiger partial charge in [-0.1, -0.05) is 36.8 Å². The largest absolute Gasteiger partial charge is 0.465 e. The van der Waals surface area contributed by atoms with Gasteiger partial charge in [-0.2, -0.15) is 11.8 Å². The molecule has 0 heterocycles. The van der Waals surface area contributed by atoms with Gasteiger partial charge in [0, 0.05) is 5.75 Å². The zero-order valence-electron chi connectivity index (χ0n) is 12.7. The van der Waals surface area contributed by atoms with Crippen LogP contribution < -0.4 is 5.73 Å². The second-order valence-electron chi connectivity index (χ2n) is 5.68. The van der Waals surface area contributed by atoms with E-state index in [9.17, 15) is 4.79 Å². The molecule has 2 N–H and O–H groups in total. The van der Waals surface area contributed by atoms with Crippen molar-refractivity contribution in [1.29, 1.82) is 0 Å². The molecular weight excluding hydrogens is 282 g/mol. The fraction of sp³-hybridized carbons (Fsp3) is 0.588. The predicted octanol–water partition coefficient (Wildman–Crippen LogP) is 3.37. The minimum Gasteiger partial charge on any atom is -0.465 e. The number of carbonyl (C=O) groups excluding carboxylic acids is 1. The van der Waals surface area contributed by atoms with E-state index in [1.165, 1.54) is 5.56 Å². The molecule has 1 aliphatic carbocycles. The molecule has 1 aliphatic rings. The van der Waals surface area contributed by atoms with Gasteiger partial charge in [0.05, 0.1) is 6.61 Å². The molecule has 1 aromatic carbocycles. The lowest BCUT2D eigenvalue weighted by atomic mass is 9.86. The normalized spacial score (nSPS) is 25.0. The summed E-state index contributed by atoms with van der Waals surface area (Å²) in [6.07, 6.45) is 3.83. The minimum absolute atomic E-state index is 0.208. The van der Waals surface area contributed by atoms with Gasteiger partial charge in [-0.05, 0) is 43.4 Å². The zero-order valence-corrected chi connectivity index (χ0v) is 13.5. The van der Waals surface area contributed by atoms with Crippen molar-refractivity contribution in [3.05, 3.63) is 35.9 Å². The molecule has 2 rings (SSSR count). The third-order valence-electron chi connectivity index (χ3n) is 4.25. The van der Waals surface area contributed by atoms with Gasteiger partial charge < -0.3 is 10.5 Å². The number of nitrogens with two attached hydrogens (primary N) is 1. The van der Waals surface area contributed by atoms with Crippen LogP contribution in [0.5, 0.6) is 0 Å². The number of benzene rings is 1. The first kappa shape index (κ1) is 16.4. The van der Waals surface area contributed by atoms with Crippen LogP contribution in [0.4, 0.5) is 0 Å². The zero-order chi connectivity index (χ0) is 15.1. The van der Waals surface area contributed by atoms with Crippen molar-refractivity contribution in [2.45, 2.75) is 43.9 Å². The van der Waals surface area contributed by atoms with Gasteiger partial charge in [0.15, 0.2) is 0 Å². The van der Waals surface area contributed by atoms with Gasteiger partial charge in [0.1, 0.15) is 5.54 Å². The second-order valence-corrected chi connectivity index (χ2v) is 6.78. The molecule has 1 fully saturated rings. The average molecular weight is 307 g/mol. The van der Waals surface area contributed by atoms with Crippen LogP contribution in [-0.2, 0) is 15.3 Å². The Kier molecular flexibility index (Phi) is 6.12. The quantitative estimate of drug-likeness (QED) is 0.620. The Balaban J connectivity index is 1.78. The molecule has 3 nitrogen and oxygen atoms in total. The third-order valence-corrected chi connectivity index (χ3v) is 5.31. The topological polar surface area (TPSA) is 52.3 Å². The summed E-state index contributed by atoms with van der Waals surface area (Å²) in [4.78, 5) is 12.1. The summed E-state index contributed by atoms with van der Waals surface area (Å²) in [7, 11) is 0. The Morgan fingerprint density at radius 1 is 1.43 bits per heavy atom. The van der Waals surface area contributed by atoms with Crippen LogP contribution in [-0.4, -0.2) is 23.9 Å². The Labute approximate surface area is 131 Å². The Hall–Kier alpha value is -1.00. The fourth-order valence-corrected chi connectivity index (χ4v) is 4.05. The van der Waals surface area contributed by atoms with Gasteiger partial charge in [-0.15, -0.1) is 0 Å². The molecule has 116 valence electrons. The van der Waals surface area contributed by atoms with Gasteiger partial charge in [0.2, 0.25) is 0 Å². The smallest absolute Gasteiger partial charge is 0.326 e. The van der Waals surface area contributed by atoms with Crippen LogP contribution in [0.15, 0.2) is 30.3 Å². The highest BCUT2D eigenvalue weighted by Gasteiger charge is 2.46. The number of carbonyl (C=O) groups is 1. The lowest BCUT2D eigenvalue weighted by Gasteiger charge is -2.28. The number of hydrogen-bond donors (Lipinski definition) is 1. The Bertz CT molecular complexity index is 451. The van der Waals surface area contributed by atoms with Crippen molar-refractivity contribution in [3.63, 3.8) is 0 Å². The number of thioether (sulfide) groups is 1. The van der Waals surface area contributed by atoms with Crippen molar-refractivity contribution >= 4 is 17.7 Å². The summed E-state index contributed by atoms with van der Waals surface area (Å²) >= 11 is 1.91. The van der Waals surface area contributed by atoms with E-state index >= 15 is 0 Å². The van der Waals surface area contributed by atoms with Crippen LogP contribution in [0.2, 0.25) is 0 Å². The summed E-state index contributed by atoms with van der Waals surface area (Å²) in [5.74, 6) is 2.11. The maximum Gasteiger partial charge on any atom is 0.326 e. The second kappa shape index (κ2) is 7.85. The standard InChI is InChI=1S/C17H25NO2S/c1-2-20-16(19)17(18)11-6-9-15(17)10-12-21-13-14-7-4-3-5-8-14/h3-5,7-8,15H,2,6,9-13,18H2,1H3. The van der Waals surface area contributed by atoms with Crippen LogP contribution in [0.3, 0.4) is 0 Å². The lowest BCUT2D eigenvalue weighted by molar-refractivity contribution is -0.151. The van der Waals surface area contributed by atoms with Gasteiger partial charge in [-0.3, -0.25) is 4.79 Å². The maximum absolute atomic E-state index is 12.1. The lowest BCUT2D eigenvalue weighted by Crippen LogP contribution is -2.52. The molecule has 1 aromatic rings. The molecule has 1 saturated carbocycles. The SMILES string of the molecule is CCOC(=O)C1(N)CCCC1CCSCc1ccccc1. The molecule has 2 atom stereocenters. The van der Waals surface area contributed by atoms with Crippen molar-refractivity contribution in [2.75, 3.05) is 12.4 Å². The van der Waals surface area contributed by atoms with E-state index in [1.54, 1.807) is 0 Å². The summed E-state index contributed by atoms with van der Waals surface area (Å²) in [5, 5.41) is 0. The molecule has 21 heavy (non-hydrogen) atoms. The van der Waals surface area contributed by atoms with Crippen molar-refractivity contribution < 1.29 is 9.53 Å². The van der Waals surface area contributed by atoms with Gasteiger partial charge in [-0.25, -0.2) is 0 Å². The molecule has 0 amide bonds. The van der Waals surface area contributed by atoms with Crippen LogP contribution in [0, 0.1) is 5.92 Å². The minimum atomic E-state index is -0.747. The maximum atomic E-state index is 12.1. The highest BCUT2D eigenvalue weighted by atomic mass is 32.2.